The number of ether oxygens (including phenoxy) is 1. The van der Waals surface area contributed by atoms with Crippen molar-refractivity contribution in [3.63, 3.8) is 0 Å². The average Bonchev–Trinajstić information content (AvgIpc) is 3.30. The van der Waals surface area contributed by atoms with E-state index in [9.17, 15) is 9.59 Å². The van der Waals surface area contributed by atoms with Gasteiger partial charge in [0, 0.05) is 36.7 Å². The molecule has 1 atom stereocenters. The monoisotopic (exact) mass is 438 g/mol. The van der Waals surface area contributed by atoms with Gasteiger partial charge in [-0.2, -0.15) is 0 Å². The van der Waals surface area contributed by atoms with Gasteiger partial charge in [-0.25, -0.2) is 9.97 Å². The van der Waals surface area contributed by atoms with Gasteiger partial charge >= 0.3 is 0 Å². The molecule has 1 saturated heterocycles. The number of H-pyrrole nitrogens is 1. The van der Waals surface area contributed by atoms with E-state index in [4.69, 9.17) is 4.74 Å². The second kappa shape index (κ2) is 9.01. The molecule has 3 heterocycles. The first-order valence-corrected chi connectivity index (χ1v) is 11.3. The van der Waals surface area contributed by atoms with Gasteiger partial charge in [0.05, 0.1) is 0 Å². The number of aromatic amines is 1. The lowest BCUT2D eigenvalue weighted by Gasteiger charge is -2.33. The van der Waals surface area contributed by atoms with E-state index < -0.39 is 6.10 Å². The van der Waals surface area contributed by atoms with Gasteiger partial charge in [0.1, 0.15) is 22.3 Å². The van der Waals surface area contributed by atoms with Gasteiger partial charge in [-0.15, -0.1) is 11.3 Å². The van der Waals surface area contributed by atoms with Crippen LogP contribution in [-0.4, -0.2) is 45.0 Å². The van der Waals surface area contributed by atoms with Gasteiger partial charge < -0.3 is 14.6 Å². The smallest absolute Gasteiger partial charge is 0.263 e. The first kappa shape index (κ1) is 21.2. The number of carbonyl (C=O) groups is 1. The standard InChI is InChI=1S/C23H26N4O3S/c1-14-4-5-18(12-15(14)2)30-16(3)23(29)27-9-6-17(7-10-27)21-25-19(13-20(28)26-21)22-24-8-11-31-22/h4-5,8,11-13,16-17H,6-7,9-10H2,1-3H3,(H,25,26,28)/t16-/m0/s1. The molecule has 1 aliphatic heterocycles. The highest BCUT2D eigenvalue weighted by molar-refractivity contribution is 7.13. The van der Waals surface area contributed by atoms with Crippen molar-refractivity contribution < 1.29 is 9.53 Å². The number of piperidine rings is 1. The quantitative estimate of drug-likeness (QED) is 0.656. The topological polar surface area (TPSA) is 88.2 Å². The maximum Gasteiger partial charge on any atom is 0.263 e. The summed E-state index contributed by atoms with van der Waals surface area (Å²) in [6, 6.07) is 7.34. The number of benzene rings is 1. The number of hydrogen-bond acceptors (Lipinski definition) is 6. The fourth-order valence-corrected chi connectivity index (χ4v) is 4.40. The number of likely N-dealkylation sites (tertiary alicyclic amines) is 1. The van der Waals surface area contributed by atoms with Crippen LogP contribution in [-0.2, 0) is 4.79 Å². The first-order chi connectivity index (χ1) is 14.9. The van der Waals surface area contributed by atoms with Gasteiger partial charge in [-0.05, 0) is 56.9 Å². The lowest BCUT2D eigenvalue weighted by atomic mass is 9.95. The Kier molecular flexibility index (Phi) is 6.18. The molecule has 0 saturated carbocycles. The summed E-state index contributed by atoms with van der Waals surface area (Å²) in [6.07, 6.45) is 2.64. The molecule has 162 valence electrons. The number of hydrogen-bond donors (Lipinski definition) is 1. The molecule has 1 aromatic carbocycles. The molecule has 31 heavy (non-hydrogen) atoms. The van der Waals surface area contributed by atoms with Crippen LogP contribution in [0.5, 0.6) is 5.75 Å². The third-order valence-electron chi connectivity index (χ3n) is 5.74. The van der Waals surface area contributed by atoms with Gasteiger partial charge in [-0.1, -0.05) is 6.07 Å². The van der Waals surface area contributed by atoms with Crippen LogP contribution in [0.2, 0.25) is 0 Å². The minimum atomic E-state index is -0.551. The van der Waals surface area contributed by atoms with Crippen molar-refractivity contribution in [3.05, 3.63) is 63.1 Å². The van der Waals surface area contributed by atoms with Crippen LogP contribution >= 0.6 is 11.3 Å². The molecule has 8 heteroatoms. The molecule has 3 aromatic rings. The predicted octanol–water partition coefficient (Wildman–Crippen LogP) is 3.68. The fraction of sp³-hybridized carbons (Fsp3) is 0.391. The van der Waals surface area contributed by atoms with Crippen molar-refractivity contribution in [2.45, 2.75) is 45.6 Å². The summed E-state index contributed by atoms with van der Waals surface area (Å²) >= 11 is 1.46. The van der Waals surface area contributed by atoms with E-state index in [0.29, 0.717) is 30.4 Å². The van der Waals surface area contributed by atoms with Gasteiger partial charge in [0.15, 0.2) is 6.10 Å². The Labute approximate surface area is 185 Å². The van der Waals surface area contributed by atoms with Crippen molar-refractivity contribution >= 4 is 17.2 Å². The number of carbonyl (C=O) groups excluding carboxylic acids is 1. The molecular weight excluding hydrogens is 412 g/mol. The molecule has 0 bridgehead atoms. The van der Waals surface area contributed by atoms with Crippen LogP contribution in [0, 0.1) is 13.8 Å². The van der Waals surface area contributed by atoms with E-state index in [2.05, 4.69) is 15.0 Å². The summed E-state index contributed by atoms with van der Waals surface area (Å²) in [5, 5.41) is 2.60. The molecule has 0 unspecified atom stereocenters. The molecule has 0 spiro atoms. The second-order valence-electron chi connectivity index (χ2n) is 7.96. The van der Waals surface area contributed by atoms with Crippen LogP contribution in [0.15, 0.2) is 40.6 Å². The van der Waals surface area contributed by atoms with Gasteiger partial charge in [-0.3, -0.25) is 9.59 Å². The summed E-state index contributed by atoms with van der Waals surface area (Å²) < 4.78 is 5.89. The first-order valence-electron chi connectivity index (χ1n) is 10.4. The van der Waals surface area contributed by atoms with Crippen molar-refractivity contribution in [3.8, 4) is 16.5 Å². The van der Waals surface area contributed by atoms with Crippen molar-refractivity contribution in [1.82, 2.24) is 19.9 Å². The van der Waals surface area contributed by atoms with E-state index in [0.717, 1.165) is 23.4 Å². The average molecular weight is 439 g/mol. The lowest BCUT2D eigenvalue weighted by molar-refractivity contribution is -0.139. The fourth-order valence-electron chi connectivity index (χ4n) is 3.80. The van der Waals surface area contributed by atoms with Crippen LogP contribution < -0.4 is 10.3 Å². The molecule has 7 nitrogen and oxygen atoms in total. The largest absolute Gasteiger partial charge is 0.481 e. The molecule has 2 aromatic heterocycles. The zero-order valence-corrected chi connectivity index (χ0v) is 18.7. The summed E-state index contributed by atoms with van der Waals surface area (Å²) in [5.74, 6) is 1.46. The molecule has 1 amide bonds. The maximum atomic E-state index is 12.9. The molecule has 1 fully saturated rings. The predicted molar refractivity (Wildman–Crippen MR) is 121 cm³/mol. The SMILES string of the molecule is Cc1ccc(O[C@@H](C)C(=O)N2CCC(c3nc(-c4nccs4)cc(=O)[nH]3)CC2)cc1C. The van der Waals surface area contributed by atoms with E-state index >= 15 is 0 Å². The number of aryl methyl sites for hydroxylation is 2. The van der Waals surface area contributed by atoms with E-state index in [1.807, 2.05) is 42.3 Å². The Hall–Kier alpha value is -3.00. The van der Waals surface area contributed by atoms with E-state index in [1.165, 1.54) is 23.0 Å². The second-order valence-corrected chi connectivity index (χ2v) is 8.85. The Morgan fingerprint density at radius 2 is 2.00 bits per heavy atom. The normalized spacial score (nSPS) is 15.6. The summed E-state index contributed by atoms with van der Waals surface area (Å²) in [6.45, 7) is 7.08. The summed E-state index contributed by atoms with van der Waals surface area (Å²) in [7, 11) is 0. The Balaban J connectivity index is 1.38. The van der Waals surface area contributed by atoms with Gasteiger partial charge in [0.2, 0.25) is 0 Å². The summed E-state index contributed by atoms with van der Waals surface area (Å²) in [5.41, 5.74) is 2.75. The van der Waals surface area contributed by atoms with Crippen LogP contribution in [0.3, 0.4) is 0 Å². The van der Waals surface area contributed by atoms with Crippen LogP contribution in [0.25, 0.3) is 10.7 Å². The number of nitrogens with zero attached hydrogens (tertiary/aromatic N) is 3. The molecule has 4 rings (SSSR count). The zero-order valence-electron chi connectivity index (χ0n) is 17.9. The van der Waals surface area contributed by atoms with Crippen molar-refractivity contribution in [2.24, 2.45) is 0 Å². The van der Waals surface area contributed by atoms with Crippen LogP contribution in [0.4, 0.5) is 0 Å². The molecule has 0 aliphatic carbocycles. The third kappa shape index (κ3) is 4.85. The molecular formula is C23H26N4O3S. The summed E-state index contributed by atoms with van der Waals surface area (Å²) in [4.78, 5) is 38.6. The van der Waals surface area contributed by atoms with E-state index in [-0.39, 0.29) is 17.4 Å². The number of amides is 1. The van der Waals surface area contributed by atoms with Crippen LogP contribution in [0.1, 0.15) is 42.6 Å². The third-order valence-corrected chi connectivity index (χ3v) is 6.54. The highest BCUT2D eigenvalue weighted by Gasteiger charge is 2.29. The number of rotatable bonds is 5. The number of nitrogens with one attached hydrogen (secondary N) is 1. The highest BCUT2D eigenvalue weighted by Crippen LogP contribution is 2.28. The maximum absolute atomic E-state index is 12.9. The molecule has 0 radical (unpaired) electrons. The molecule has 1 N–H and O–H groups in total. The number of thiazole rings is 1. The van der Waals surface area contributed by atoms with Crippen molar-refractivity contribution in [2.75, 3.05) is 13.1 Å². The van der Waals surface area contributed by atoms with Crippen molar-refractivity contribution in [1.29, 1.82) is 0 Å². The minimum Gasteiger partial charge on any atom is -0.481 e. The highest BCUT2D eigenvalue weighted by atomic mass is 32.1. The Morgan fingerprint density at radius 3 is 2.68 bits per heavy atom. The van der Waals surface area contributed by atoms with E-state index in [1.54, 1.807) is 13.1 Å². The molecule has 1 aliphatic rings. The van der Waals surface area contributed by atoms with Gasteiger partial charge in [0.25, 0.3) is 11.5 Å². The zero-order chi connectivity index (χ0) is 22.0. The Morgan fingerprint density at radius 1 is 1.23 bits per heavy atom. The lowest BCUT2D eigenvalue weighted by Crippen LogP contribution is -2.44. The number of aromatic nitrogens is 3. The Bertz CT molecular complexity index is 1120. The minimum absolute atomic E-state index is 0.0188.